The van der Waals surface area contributed by atoms with E-state index >= 15 is 0 Å². The van der Waals surface area contributed by atoms with Crippen LogP contribution in [0.1, 0.15) is 16.7 Å². The van der Waals surface area contributed by atoms with Crippen molar-refractivity contribution >= 4 is 16.7 Å². The molecule has 0 aliphatic heterocycles. The van der Waals surface area contributed by atoms with Crippen molar-refractivity contribution in [2.45, 2.75) is 20.4 Å². The molecule has 0 amide bonds. The maximum absolute atomic E-state index is 5.45. The van der Waals surface area contributed by atoms with Gasteiger partial charge in [-0.2, -0.15) is 0 Å². The van der Waals surface area contributed by atoms with E-state index in [0.717, 1.165) is 17.4 Å². The number of hydrogen-bond donors (Lipinski definition) is 0. The van der Waals surface area contributed by atoms with Gasteiger partial charge in [0.1, 0.15) is 5.75 Å². The van der Waals surface area contributed by atoms with E-state index in [4.69, 9.17) is 4.74 Å². The van der Waals surface area contributed by atoms with Crippen molar-refractivity contribution in [3.05, 3.63) is 28.8 Å². The van der Waals surface area contributed by atoms with Gasteiger partial charge in [-0.3, -0.25) is 0 Å². The summed E-state index contributed by atoms with van der Waals surface area (Å²) >= 11 is 1.29. The maximum atomic E-state index is 5.45. The number of methoxy groups -OCH3 is 1. The average molecular weight is 264 g/mol. The first kappa shape index (κ1) is 12.8. The summed E-state index contributed by atoms with van der Waals surface area (Å²) in [5.41, 5.74) is 3.59. The molecule has 0 N–H and O–H groups in total. The van der Waals surface area contributed by atoms with Crippen molar-refractivity contribution in [2.24, 2.45) is 0 Å². The number of ether oxygens (including phenoxy) is 1. The zero-order valence-corrected chi connectivity index (χ0v) is 11.8. The molecule has 1 aromatic carbocycles. The van der Waals surface area contributed by atoms with E-state index in [2.05, 4.69) is 40.8 Å². The molecule has 0 fully saturated rings. The van der Waals surface area contributed by atoms with Crippen LogP contribution in [0.5, 0.6) is 5.75 Å². The standard InChI is InChI=1S/C12H16N4OS/c1-8-5-9(2)10(11(6-8)17-4)7-16(3)12-13-14-15-18-12/h5-6H,7H2,1-4H3. The van der Waals surface area contributed by atoms with Crippen LogP contribution in [0.4, 0.5) is 5.13 Å². The van der Waals surface area contributed by atoms with Gasteiger partial charge in [-0.25, -0.2) is 0 Å². The second-order valence-electron chi connectivity index (χ2n) is 4.26. The molecule has 0 radical (unpaired) electrons. The third-order valence-corrected chi connectivity index (χ3v) is 3.52. The number of benzene rings is 1. The minimum absolute atomic E-state index is 0.728. The lowest BCUT2D eigenvalue weighted by Crippen LogP contribution is -2.17. The third kappa shape index (κ3) is 2.59. The largest absolute Gasteiger partial charge is 0.496 e. The molecule has 0 atom stereocenters. The zero-order valence-electron chi connectivity index (χ0n) is 11.0. The number of aryl methyl sites for hydroxylation is 2. The Balaban J connectivity index is 2.28. The Bertz CT molecular complexity index is 527. The maximum Gasteiger partial charge on any atom is 0.227 e. The van der Waals surface area contributed by atoms with E-state index in [9.17, 15) is 0 Å². The van der Waals surface area contributed by atoms with Crippen LogP contribution < -0.4 is 9.64 Å². The first-order chi connectivity index (χ1) is 8.61. The van der Waals surface area contributed by atoms with Gasteiger partial charge in [-0.15, -0.1) is 0 Å². The summed E-state index contributed by atoms with van der Waals surface area (Å²) in [5.74, 6) is 0.914. The lowest BCUT2D eigenvalue weighted by atomic mass is 10.0. The number of aromatic nitrogens is 3. The molecule has 1 heterocycles. The summed E-state index contributed by atoms with van der Waals surface area (Å²) in [4.78, 5) is 2.02. The molecule has 2 rings (SSSR count). The van der Waals surface area contributed by atoms with E-state index in [1.54, 1.807) is 7.11 Å². The molecule has 0 aliphatic rings. The van der Waals surface area contributed by atoms with Crippen LogP contribution in [-0.2, 0) is 6.54 Å². The third-order valence-electron chi connectivity index (χ3n) is 2.81. The summed E-state index contributed by atoms with van der Waals surface area (Å²) in [6.45, 7) is 4.89. The molecule has 6 heteroatoms. The number of anilines is 1. The molecule has 1 aromatic heterocycles. The summed E-state index contributed by atoms with van der Waals surface area (Å²) < 4.78 is 9.22. The summed E-state index contributed by atoms with van der Waals surface area (Å²) in [6, 6.07) is 4.21. The highest BCUT2D eigenvalue weighted by Crippen LogP contribution is 2.27. The molecular formula is C12H16N4OS. The fourth-order valence-corrected chi connectivity index (χ4v) is 2.35. The lowest BCUT2D eigenvalue weighted by molar-refractivity contribution is 0.408. The van der Waals surface area contributed by atoms with Gasteiger partial charge in [0.05, 0.1) is 7.11 Å². The van der Waals surface area contributed by atoms with Crippen molar-refractivity contribution in [1.29, 1.82) is 0 Å². The van der Waals surface area contributed by atoms with Crippen molar-refractivity contribution in [1.82, 2.24) is 14.8 Å². The van der Waals surface area contributed by atoms with Gasteiger partial charge in [0.15, 0.2) is 0 Å². The minimum atomic E-state index is 0.728. The van der Waals surface area contributed by atoms with Gasteiger partial charge >= 0.3 is 0 Å². The average Bonchev–Trinajstić information content (AvgIpc) is 2.85. The monoisotopic (exact) mass is 264 g/mol. The Morgan fingerprint density at radius 2 is 2.11 bits per heavy atom. The molecule has 0 saturated heterocycles. The highest BCUT2D eigenvalue weighted by Gasteiger charge is 2.12. The van der Waals surface area contributed by atoms with Crippen LogP contribution in [0.25, 0.3) is 0 Å². The second-order valence-corrected chi connectivity index (χ2v) is 4.97. The van der Waals surface area contributed by atoms with Gasteiger partial charge in [0.2, 0.25) is 5.13 Å². The van der Waals surface area contributed by atoms with Crippen molar-refractivity contribution in [3.8, 4) is 5.75 Å². The molecule has 0 unspecified atom stereocenters. The Morgan fingerprint density at radius 1 is 1.33 bits per heavy atom. The fraction of sp³-hybridized carbons (Fsp3) is 0.417. The Hall–Kier alpha value is -1.69. The van der Waals surface area contributed by atoms with Gasteiger partial charge in [-0.1, -0.05) is 15.7 Å². The van der Waals surface area contributed by atoms with E-state index in [1.807, 2.05) is 11.9 Å². The normalized spacial score (nSPS) is 10.4. The van der Waals surface area contributed by atoms with Crippen LogP contribution in [0.15, 0.2) is 12.1 Å². The Labute approximate surface area is 111 Å². The minimum Gasteiger partial charge on any atom is -0.496 e. The molecule has 0 aliphatic carbocycles. The topological polar surface area (TPSA) is 51.1 Å². The smallest absolute Gasteiger partial charge is 0.227 e. The van der Waals surface area contributed by atoms with Crippen LogP contribution in [-0.4, -0.2) is 29.0 Å². The Morgan fingerprint density at radius 3 is 2.72 bits per heavy atom. The highest BCUT2D eigenvalue weighted by molar-refractivity contribution is 7.09. The molecule has 0 saturated carbocycles. The predicted molar refractivity (Wildman–Crippen MR) is 72.3 cm³/mol. The van der Waals surface area contributed by atoms with Crippen LogP contribution in [0, 0.1) is 13.8 Å². The van der Waals surface area contributed by atoms with Gasteiger partial charge in [0, 0.05) is 30.7 Å². The molecule has 18 heavy (non-hydrogen) atoms. The molecule has 5 nitrogen and oxygen atoms in total. The van der Waals surface area contributed by atoms with Gasteiger partial charge < -0.3 is 9.64 Å². The Kier molecular flexibility index (Phi) is 3.76. The first-order valence-electron chi connectivity index (χ1n) is 5.62. The fourth-order valence-electron chi connectivity index (χ4n) is 1.92. The number of nitrogens with zero attached hydrogens (tertiary/aromatic N) is 4. The SMILES string of the molecule is COc1cc(C)cc(C)c1CN(C)c1nnns1. The van der Waals surface area contributed by atoms with E-state index in [0.29, 0.717) is 0 Å². The molecule has 2 aromatic rings. The summed E-state index contributed by atoms with van der Waals surface area (Å²) in [7, 11) is 3.67. The van der Waals surface area contributed by atoms with E-state index < -0.39 is 0 Å². The number of hydrogen-bond acceptors (Lipinski definition) is 6. The lowest BCUT2D eigenvalue weighted by Gasteiger charge is -2.19. The van der Waals surface area contributed by atoms with E-state index in [-0.39, 0.29) is 0 Å². The molecule has 0 spiro atoms. The van der Waals surface area contributed by atoms with Crippen molar-refractivity contribution in [3.63, 3.8) is 0 Å². The van der Waals surface area contributed by atoms with Crippen LogP contribution >= 0.6 is 11.5 Å². The van der Waals surface area contributed by atoms with Crippen molar-refractivity contribution in [2.75, 3.05) is 19.1 Å². The zero-order chi connectivity index (χ0) is 13.1. The van der Waals surface area contributed by atoms with Crippen LogP contribution in [0.3, 0.4) is 0 Å². The van der Waals surface area contributed by atoms with Gasteiger partial charge in [0.25, 0.3) is 0 Å². The summed E-state index contributed by atoms with van der Waals surface area (Å²) in [6.07, 6.45) is 0. The number of rotatable bonds is 4. The van der Waals surface area contributed by atoms with Crippen molar-refractivity contribution < 1.29 is 4.74 Å². The predicted octanol–water partition coefficient (Wildman–Crippen LogP) is 2.19. The van der Waals surface area contributed by atoms with Crippen LogP contribution in [0.2, 0.25) is 0 Å². The highest BCUT2D eigenvalue weighted by atomic mass is 32.1. The molecule has 0 bridgehead atoms. The summed E-state index contributed by atoms with van der Waals surface area (Å²) in [5, 5.41) is 8.37. The second kappa shape index (κ2) is 5.30. The van der Waals surface area contributed by atoms with E-state index in [1.165, 1.54) is 28.2 Å². The van der Waals surface area contributed by atoms with Gasteiger partial charge in [-0.05, 0) is 36.3 Å². The quantitative estimate of drug-likeness (QED) is 0.847. The molecule has 96 valence electrons. The first-order valence-corrected chi connectivity index (χ1v) is 6.39. The molecular weight excluding hydrogens is 248 g/mol.